The molecule has 1 amide bonds. The van der Waals surface area contributed by atoms with Crippen LogP contribution in [0, 0.1) is 0 Å². The van der Waals surface area contributed by atoms with E-state index in [2.05, 4.69) is 0 Å². The van der Waals surface area contributed by atoms with Gasteiger partial charge in [0.25, 0.3) is 5.91 Å². The summed E-state index contributed by atoms with van der Waals surface area (Å²) >= 11 is 6.95. The van der Waals surface area contributed by atoms with Crippen LogP contribution in [-0.2, 0) is 20.5 Å². The molecule has 0 saturated heterocycles. The number of amides is 1. The van der Waals surface area contributed by atoms with Crippen LogP contribution in [0.3, 0.4) is 0 Å². The summed E-state index contributed by atoms with van der Waals surface area (Å²) in [6, 6.07) is 12.2. The van der Waals surface area contributed by atoms with Crippen molar-refractivity contribution in [3.63, 3.8) is 0 Å². The van der Waals surface area contributed by atoms with E-state index in [-0.39, 0.29) is 10.8 Å². The van der Waals surface area contributed by atoms with Crippen LogP contribution in [0.2, 0.25) is 5.02 Å². The molecule has 0 heterocycles. The van der Waals surface area contributed by atoms with Gasteiger partial charge in [-0.1, -0.05) is 35.9 Å². The number of halogens is 4. The van der Waals surface area contributed by atoms with Gasteiger partial charge < -0.3 is 10.1 Å². The van der Waals surface area contributed by atoms with Crippen molar-refractivity contribution in [1.82, 2.24) is 0 Å². The summed E-state index contributed by atoms with van der Waals surface area (Å²) in [6.45, 7) is -0.712. The fraction of sp³-hybridized carbons (Fsp3) is 0.176. The van der Waals surface area contributed by atoms with Gasteiger partial charge in [-0.2, -0.15) is 13.2 Å². The Balaban J connectivity index is 1.88. The summed E-state index contributed by atoms with van der Waals surface area (Å²) in [6.07, 6.45) is -4.68. The average Bonchev–Trinajstić information content (AvgIpc) is 2.60. The van der Waals surface area contributed by atoms with E-state index in [1.165, 1.54) is 17.8 Å². The van der Waals surface area contributed by atoms with Gasteiger partial charge in [0.15, 0.2) is 6.61 Å². The Bertz CT molecular complexity index is 785. The summed E-state index contributed by atoms with van der Waals surface area (Å²) in [5.41, 5.74) is -1.65. The molecule has 138 valence electrons. The molecule has 2 rings (SSSR count). The third-order valence-electron chi connectivity index (χ3n) is 3.05. The van der Waals surface area contributed by atoms with Crippen LogP contribution < -0.4 is 5.32 Å². The van der Waals surface area contributed by atoms with Crippen LogP contribution in [0.4, 0.5) is 18.9 Å². The van der Waals surface area contributed by atoms with E-state index >= 15 is 0 Å². The predicted molar refractivity (Wildman–Crippen MR) is 93.2 cm³/mol. The van der Waals surface area contributed by atoms with E-state index < -0.39 is 35.9 Å². The van der Waals surface area contributed by atoms with Gasteiger partial charge >= 0.3 is 12.1 Å². The van der Waals surface area contributed by atoms with Crippen molar-refractivity contribution in [2.75, 3.05) is 17.7 Å². The van der Waals surface area contributed by atoms with Crippen molar-refractivity contribution >= 4 is 40.9 Å². The molecular formula is C17H13ClF3NO3S. The molecule has 4 nitrogen and oxygen atoms in total. The molecule has 0 unspecified atom stereocenters. The number of ether oxygens (including phenoxy) is 1. The van der Waals surface area contributed by atoms with E-state index in [4.69, 9.17) is 16.3 Å². The minimum atomic E-state index is -4.68. The second kappa shape index (κ2) is 8.95. The zero-order valence-electron chi connectivity index (χ0n) is 13.2. The Labute approximate surface area is 156 Å². The molecule has 9 heteroatoms. The van der Waals surface area contributed by atoms with Crippen molar-refractivity contribution in [2.24, 2.45) is 0 Å². The smallest absolute Gasteiger partial charge is 0.418 e. The van der Waals surface area contributed by atoms with Gasteiger partial charge in [0.2, 0.25) is 0 Å². The Morgan fingerprint density at radius 3 is 2.42 bits per heavy atom. The number of carbonyl (C=O) groups is 2. The Hall–Kier alpha value is -2.19. The highest BCUT2D eigenvalue weighted by Gasteiger charge is 2.34. The highest BCUT2D eigenvalue weighted by molar-refractivity contribution is 8.00. The standard InChI is InChI=1S/C17H13ClF3NO3S/c18-13-8-4-7-12(17(19,20)21)16(13)22-14(23)9-25-15(24)10-26-11-5-2-1-3-6-11/h1-8H,9-10H2,(H,22,23). The zero-order valence-corrected chi connectivity index (χ0v) is 14.8. The minimum absolute atomic E-state index is 0.0306. The second-order valence-electron chi connectivity index (χ2n) is 4.97. The normalized spacial score (nSPS) is 11.1. The second-order valence-corrected chi connectivity index (χ2v) is 6.43. The van der Waals surface area contributed by atoms with Gasteiger partial charge in [-0.15, -0.1) is 11.8 Å². The molecule has 0 aromatic heterocycles. The lowest BCUT2D eigenvalue weighted by molar-refractivity contribution is -0.144. The average molecular weight is 404 g/mol. The quantitative estimate of drug-likeness (QED) is 0.564. The van der Waals surface area contributed by atoms with E-state index in [1.54, 1.807) is 12.1 Å². The number of anilines is 1. The first-order valence-corrected chi connectivity index (χ1v) is 8.63. The maximum absolute atomic E-state index is 13.0. The highest BCUT2D eigenvalue weighted by atomic mass is 35.5. The Morgan fingerprint density at radius 1 is 1.08 bits per heavy atom. The molecule has 1 N–H and O–H groups in total. The summed E-state index contributed by atoms with van der Waals surface area (Å²) < 4.78 is 43.6. The fourth-order valence-electron chi connectivity index (χ4n) is 1.91. The number of esters is 1. The minimum Gasteiger partial charge on any atom is -0.455 e. The van der Waals surface area contributed by atoms with Crippen molar-refractivity contribution in [3.05, 3.63) is 59.1 Å². The number of hydrogen-bond donors (Lipinski definition) is 1. The molecule has 0 aliphatic heterocycles. The molecule has 0 fully saturated rings. The number of alkyl halides is 3. The van der Waals surface area contributed by atoms with Gasteiger partial charge in [-0.25, -0.2) is 0 Å². The molecular weight excluding hydrogens is 391 g/mol. The number of carbonyl (C=O) groups excluding carboxylic acids is 2. The van der Waals surface area contributed by atoms with Crippen LogP contribution >= 0.6 is 23.4 Å². The van der Waals surface area contributed by atoms with Crippen LogP contribution in [-0.4, -0.2) is 24.2 Å². The SMILES string of the molecule is O=C(COC(=O)CSc1ccccc1)Nc1c(Cl)cccc1C(F)(F)F. The van der Waals surface area contributed by atoms with E-state index in [1.807, 2.05) is 23.5 Å². The number of rotatable bonds is 6. The first-order valence-electron chi connectivity index (χ1n) is 7.26. The van der Waals surface area contributed by atoms with Gasteiger partial charge in [0, 0.05) is 4.90 Å². The first-order chi connectivity index (χ1) is 12.3. The third-order valence-corrected chi connectivity index (χ3v) is 4.35. The fourth-order valence-corrected chi connectivity index (χ4v) is 2.85. The van der Waals surface area contributed by atoms with Crippen LogP contribution in [0.5, 0.6) is 0 Å². The molecule has 26 heavy (non-hydrogen) atoms. The number of hydrogen-bond acceptors (Lipinski definition) is 4. The van der Waals surface area contributed by atoms with Crippen LogP contribution in [0.1, 0.15) is 5.56 Å². The van der Waals surface area contributed by atoms with Gasteiger partial charge in [-0.3, -0.25) is 9.59 Å². The van der Waals surface area contributed by atoms with Gasteiger partial charge in [0.05, 0.1) is 22.0 Å². The molecule has 0 aliphatic rings. The van der Waals surface area contributed by atoms with Crippen LogP contribution in [0.25, 0.3) is 0 Å². The predicted octanol–water partition coefficient (Wildman–Crippen LogP) is 4.63. The lowest BCUT2D eigenvalue weighted by Gasteiger charge is -2.15. The lowest BCUT2D eigenvalue weighted by Crippen LogP contribution is -2.23. The summed E-state index contributed by atoms with van der Waals surface area (Å²) in [4.78, 5) is 24.3. The largest absolute Gasteiger partial charge is 0.455 e. The number of benzene rings is 2. The topological polar surface area (TPSA) is 55.4 Å². The number of nitrogens with one attached hydrogen (secondary N) is 1. The van der Waals surface area contributed by atoms with Crippen molar-refractivity contribution in [2.45, 2.75) is 11.1 Å². The molecule has 2 aromatic rings. The molecule has 0 aliphatic carbocycles. The molecule has 0 spiro atoms. The van der Waals surface area contributed by atoms with E-state index in [0.29, 0.717) is 0 Å². The maximum atomic E-state index is 13.0. The summed E-state index contributed by atoms with van der Waals surface area (Å²) in [5, 5.41) is 1.77. The molecule has 0 atom stereocenters. The highest BCUT2D eigenvalue weighted by Crippen LogP contribution is 2.38. The summed E-state index contributed by atoms with van der Waals surface area (Å²) in [7, 11) is 0. The van der Waals surface area contributed by atoms with Crippen molar-refractivity contribution in [3.8, 4) is 0 Å². The molecule has 0 radical (unpaired) electrons. The van der Waals surface area contributed by atoms with Crippen molar-refractivity contribution in [1.29, 1.82) is 0 Å². The van der Waals surface area contributed by atoms with Crippen molar-refractivity contribution < 1.29 is 27.5 Å². The zero-order chi connectivity index (χ0) is 19.2. The van der Waals surface area contributed by atoms with E-state index in [0.717, 1.165) is 17.0 Å². The maximum Gasteiger partial charge on any atom is 0.418 e. The molecule has 0 bridgehead atoms. The Morgan fingerprint density at radius 2 is 1.77 bits per heavy atom. The monoisotopic (exact) mass is 403 g/mol. The molecule has 0 saturated carbocycles. The number of para-hydroxylation sites is 1. The number of thioether (sulfide) groups is 1. The summed E-state index contributed by atoms with van der Waals surface area (Å²) in [5.74, 6) is -1.61. The van der Waals surface area contributed by atoms with Gasteiger partial charge in [-0.05, 0) is 24.3 Å². The lowest BCUT2D eigenvalue weighted by atomic mass is 10.1. The van der Waals surface area contributed by atoms with E-state index in [9.17, 15) is 22.8 Å². The molecule has 2 aromatic carbocycles. The van der Waals surface area contributed by atoms with Gasteiger partial charge in [0.1, 0.15) is 0 Å². The van der Waals surface area contributed by atoms with Crippen LogP contribution in [0.15, 0.2) is 53.4 Å². The third kappa shape index (κ3) is 5.96. The Kier molecular flexibility index (Phi) is 6.93. The first kappa shape index (κ1) is 20.1.